The fourth-order valence-electron chi connectivity index (χ4n) is 4.71. The van der Waals surface area contributed by atoms with Crippen molar-refractivity contribution in [2.24, 2.45) is 34.5 Å². The summed E-state index contributed by atoms with van der Waals surface area (Å²) in [6.45, 7) is 3.95. The van der Waals surface area contributed by atoms with Gasteiger partial charge in [-0.05, 0) is 57.8 Å². The fraction of sp³-hybridized carbons (Fsp3) is 0.364. The molecular weight excluding hydrogens is 444 g/mol. The number of aromatic hydroxyl groups is 1. The van der Waals surface area contributed by atoms with Crippen molar-refractivity contribution >= 4 is 21.6 Å². The molecule has 8 heteroatoms. The molecule has 2 aromatic rings. The predicted octanol–water partition coefficient (Wildman–Crippen LogP) is 2.53. The summed E-state index contributed by atoms with van der Waals surface area (Å²) in [5.74, 6) is 2.20. The van der Waals surface area contributed by atoms with Crippen LogP contribution in [0, 0.1) is 17.3 Å². The highest BCUT2D eigenvalue weighted by Crippen LogP contribution is 2.62. The number of hydrogen-bond donors (Lipinski definition) is 4. The van der Waals surface area contributed by atoms with Gasteiger partial charge in [0, 0.05) is 43.2 Å². The maximum atomic E-state index is 10.1. The Hall–Kier alpha value is -2.74. The van der Waals surface area contributed by atoms with E-state index in [1.165, 1.54) is 0 Å². The van der Waals surface area contributed by atoms with Crippen molar-refractivity contribution in [1.29, 1.82) is 0 Å². The number of fused-ring (bicyclic) bond motifs is 1. The van der Waals surface area contributed by atoms with E-state index in [2.05, 4.69) is 37.7 Å². The lowest BCUT2D eigenvalue weighted by atomic mass is 9.81. The average Bonchev–Trinajstić information content (AvgIpc) is 3.42. The number of piperidine rings is 1. The van der Waals surface area contributed by atoms with Gasteiger partial charge in [-0.3, -0.25) is 0 Å². The van der Waals surface area contributed by atoms with Crippen LogP contribution in [0.15, 0.2) is 58.7 Å². The summed E-state index contributed by atoms with van der Waals surface area (Å²) in [4.78, 5) is 11.2. The number of nitrogens with zero attached hydrogens (tertiary/aromatic N) is 3. The zero-order valence-corrected chi connectivity index (χ0v) is 18.5. The van der Waals surface area contributed by atoms with Crippen molar-refractivity contribution < 1.29 is 5.11 Å². The van der Waals surface area contributed by atoms with E-state index in [9.17, 15) is 5.11 Å². The highest BCUT2D eigenvalue weighted by molar-refractivity contribution is 9.10. The third-order valence-corrected chi connectivity index (χ3v) is 6.91. The molecule has 0 radical (unpaired) electrons. The summed E-state index contributed by atoms with van der Waals surface area (Å²) in [5, 5.41) is 10.1. The molecule has 7 nitrogen and oxygen atoms in total. The number of rotatable bonds is 5. The maximum absolute atomic E-state index is 10.1. The molecule has 1 aromatic heterocycles. The van der Waals surface area contributed by atoms with E-state index < -0.39 is 0 Å². The van der Waals surface area contributed by atoms with Gasteiger partial charge in [0.25, 0.3) is 0 Å². The molecule has 1 aliphatic carbocycles. The minimum absolute atomic E-state index is 0.129. The summed E-state index contributed by atoms with van der Waals surface area (Å²) >= 11 is 3.39. The quantitative estimate of drug-likeness (QED) is 0.494. The van der Waals surface area contributed by atoms with Crippen molar-refractivity contribution in [1.82, 2.24) is 14.9 Å². The SMILES string of the molecule is CC1CN(C(/C=C(\N)c2ccccc2O)=C(N)N)CC2CC12Cc1ncc(Br)cn1. The number of phenols is 1. The highest BCUT2D eigenvalue weighted by atomic mass is 79.9. The summed E-state index contributed by atoms with van der Waals surface area (Å²) < 4.78 is 0.890. The third-order valence-electron chi connectivity index (χ3n) is 6.50. The minimum atomic E-state index is 0.129. The first kappa shape index (κ1) is 20.5. The lowest BCUT2D eigenvalue weighted by Crippen LogP contribution is -2.42. The fourth-order valence-corrected chi connectivity index (χ4v) is 4.92. The smallest absolute Gasteiger partial charge is 0.128 e. The van der Waals surface area contributed by atoms with Gasteiger partial charge in [-0.2, -0.15) is 0 Å². The Morgan fingerprint density at radius 3 is 2.57 bits per heavy atom. The number of halogens is 1. The number of phenolic OH excluding ortho intramolecular Hbond substituents is 1. The van der Waals surface area contributed by atoms with Gasteiger partial charge < -0.3 is 27.2 Å². The summed E-state index contributed by atoms with van der Waals surface area (Å²) in [7, 11) is 0. The number of aromatic nitrogens is 2. The van der Waals surface area contributed by atoms with E-state index in [1.807, 2.05) is 6.07 Å². The standard InChI is InChI=1S/C22H27BrN6O/c1-13-11-29(12-14-7-22(13,14)8-20-27-9-15(23)10-28-20)18(21(25)26)6-17(24)16-4-2-3-5-19(16)30/h2-6,9-10,13-14,30H,7-8,11-12,24-26H2,1H3/b17-6-. The van der Waals surface area contributed by atoms with Gasteiger partial charge in [-0.15, -0.1) is 0 Å². The molecule has 7 N–H and O–H groups in total. The van der Waals surface area contributed by atoms with Crippen molar-refractivity contribution in [2.45, 2.75) is 19.8 Å². The van der Waals surface area contributed by atoms with Gasteiger partial charge in [0.05, 0.1) is 10.2 Å². The van der Waals surface area contributed by atoms with E-state index in [0.717, 1.165) is 36.2 Å². The van der Waals surface area contributed by atoms with Crippen molar-refractivity contribution in [3.8, 4) is 5.75 Å². The lowest BCUT2D eigenvalue weighted by molar-refractivity contribution is 0.149. The van der Waals surface area contributed by atoms with Crippen LogP contribution in [-0.4, -0.2) is 33.1 Å². The zero-order chi connectivity index (χ0) is 21.5. The molecule has 2 heterocycles. The Morgan fingerprint density at radius 2 is 1.93 bits per heavy atom. The van der Waals surface area contributed by atoms with Crippen LogP contribution in [0.1, 0.15) is 24.7 Å². The molecule has 4 rings (SSSR count). The average molecular weight is 471 g/mol. The monoisotopic (exact) mass is 470 g/mol. The molecule has 1 aliphatic heterocycles. The minimum Gasteiger partial charge on any atom is -0.507 e. The van der Waals surface area contributed by atoms with Crippen molar-refractivity contribution in [2.75, 3.05) is 13.1 Å². The lowest BCUT2D eigenvalue weighted by Gasteiger charge is -2.38. The normalized spacial score (nSPS) is 25.5. The van der Waals surface area contributed by atoms with Crippen LogP contribution < -0.4 is 17.2 Å². The van der Waals surface area contributed by atoms with Crippen molar-refractivity contribution in [3.63, 3.8) is 0 Å². The van der Waals surface area contributed by atoms with Gasteiger partial charge >= 0.3 is 0 Å². The van der Waals surface area contributed by atoms with Crippen LogP contribution in [-0.2, 0) is 6.42 Å². The molecule has 0 bridgehead atoms. The summed E-state index contributed by atoms with van der Waals surface area (Å²) in [5.41, 5.74) is 20.3. The molecule has 0 amide bonds. The second kappa shape index (κ2) is 7.83. The molecule has 1 saturated carbocycles. The molecule has 0 spiro atoms. The molecule has 3 unspecified atom stereocenters. The molecule has 1 saturated heterocycles. The van der Waals surface area contributed by atoms with Crippen LogP contribution in [0.5, 0.6) is 5.75 Å². The van der Waals surface area contributed by atoms with E-state index in [4.69, 9.17) is 17.2 Å². The molecule has 2 fully saturated rings. The van der Waals surface area contributed by atoms with E-state index >= 15 is 0 Å². The van der Waals surface area contributed by atoms with Crippen LogP contribution in [0.2, 0.25) is 0 Å². The zero-order valence-electron chi connectivity index (χ0n) is 16.9. The number of likely N-dealkylation sites (tertiary alicyclic amines) is 1. The van der Waals surface area contributed by atoms with Gasteiger partial charge in [-0.1, -0.05) is 19.1 Å². The number of allylic oxidation sites excluding steroid dienone is 1. The van der Waals surface area contributed by atoms with Crippen LogP contribution in [0.3, 0.4) is 0 Å². The molecule has 2 aliphatic rings. The number of nitrogens with two attached hydrogens (primary N) is 3. The second-order valence-corrected chi connectivity index (χ2v) is 9.31. The highest BCUT2D eigenvalue weighted by Gasteiger charge is 2.60. The first-order valence-corrected chi connectivity index (χ1v) is 10.8. The van der Waals surface area contributed by atoms with E-state index in [-0.39, 0.29) is 17.0 Å². The second-order valence-electron chi connectivity index (χ2n) is 8.39. The first-order chi connectivity index (χ1) is 14.3. The van der Waals surface area contributed by atoms with Crippen LogP contribution in [0.4, 0.5) is 0 Å². The molecule has 1 aromatic carbocycles. The number of hydrogen-bond acceptors (Lipinski definition) is 7. The Balaban J connectivity index is 1.53. The van der Waals surface area contributed by atoms with Gasteiger partial charge in [0.1, 0.15) is 17.4 Å². The van der Waals surface area contributed by atoms with Gasteiger partial charge in [0.2, 0.25) is 0 Å². The largest absolute Gasteiger partial charge is 0.507 e. The van der Waals surface area contributed by atoms with Gasteiger partial charge in [0.15, 0.2) is 0 Å². The molecule has 3 atom stereocenters. The van der Waals surface area contributed by atoms with Gasteiger partial charge in [-0.25, -0.2) is 9.97 Å². The van der Waals surface area contributed by atoms with Crippen LogP contribution in [0.25, 0.3) is 5.70 Å². The molecular formula is C22H27BrN6O. The summed E-state index contributed by atoms with van der Waals surface area (Å²) in [6.07, 6.45) is 7.40. The predicted molar refractivity (Wildman–Crippen MR) is 120 cm³/mol. The molecule has 30 heavy (non-hydrogen) atoms. The van der Waals surface area contributed by atoms with Crippen molar-refractivity contribution in [3.05, 3.63) is 70.1 Å². The Morgan fingerprint density at radius 1 is 1.23 bits per heavy atom. The maximum Gasteiger partial charge on any atom is 0.128 e. The van der Waals surface area contributed by atoms with Crippen LogP contribution >= 0.6 is 15.9 Å². The Labute approximate surface area is 184 Å². The topological polar surface area (TPSA) is 127 Å². The number of benzene rings is 1. The Bertz CT molecular complexity index is 1000. The summed E-state index contributed by atoms with van der Waals surface area (Å²) in [6, 6.07) is 6.97. The van der Waals surface area contributed by atoms with E-state index in [1.54, 1.807) is 36.7 Å². The Kier molecular flexibility index (Phi) is 5.36. The number of para-hydroxylation sites is 1. The first-order valence-electron chi connectivity index (χ1n) is 10.0. The van der Waals surface area contributed by atoms with E-state index in [0.29, 0.717) is 28.8 Å². The molecule has 158 valence electrons. The third kappa shape index (κ3) is 3.84.